The van der Waals surface area contributed by atoms with Gasteiger partial charge in [-0.3, -0.25) is 4.98 Å². The number of rotatable bonds is 4. The van der Waals surface area contributed by atoms with Gasteiger partial charge in [0.15, 0.2) is 6.29 Å². The van der Waals surface area contributed by atoms with Crippen molar-refractivity contribution in [2.24, 2.45) is 0 Å². The average molecular weight is 215 g/mol. The van der Waals surface area contributed by atoms with Crippen molar-refractivity contribution in [3.63, 3.8) is 0 Å². The van der Waals surface area contributed by atoms with Crippen LogP contribution in [0.3, 0.4) is 0 Å². The molecule has 82 valence electrons. The van der Waals surface area contributed by atoms with Gasteiger partial charge in [-0.25, -0.2) is 0 Å². The van der Waals surface area contributed by atoms with Crippen molar-refractivity contribution in [3.05, 3.63) is 66.0 Å². The van der Waals surface area contributed by atoms with E-state index in [9.17, 15) is 5.11 Å². The minimum Gasteiger partial charge on any atom is -0.364 e. The number of aromatic nitrogens is 1. The summed E-state index contributed by atoms with van der Waals surface area (Å²) in [5.41, 5.74) is 1.75. The van der Waals surface area contributed by atoms with Gasteiger partial charge >= 0.3 is 0 Å². The van der Waals surface area contributed by atoms with Gasteiger partial charge in [-0.1, -0.05) is 30.3 Å². The van der Waals surface area contributed by atoms with Gasteiger partial charge in [0, 0.05) is 18.0 Å². The SMILES string of the molecule is OC(OCc1ccncc1)c1ccccc1. The number of hydrogen-bond acceptors (Lipinski definition) is 3. The molecular weight excluding hydrogens is 202 g/mol. The number of aliphatic hydroxyl groups excluding tert-OH is 1. The molecule has 0 aliphatic carbocycles. The zero-order valence-electron chi connectivity index (χ0n) is 8.78. The first-order valence-electron chi connectivity index (χ1n) is 5.10. The van der Waals surface area contributed by atoms with Gasteiger partial charge in [-0.15, -0.1) is 0 Å². The van der Waals surface area contributed by atoms with E-state index < -0.39 is 6.29 Å². The molecule has 1 aromatic heterocycles. The molecule has 1 heterocycles. The summed E-state index contributed by atoms with van der Waals surface area (Å²) in [5, 5.41) is 9.74. The van der Waals surface area contributed by atoms with Crippen molar-refractivity contribution >= 4 is 0 Å². The van der Waals surface area contributed by atoms with E-state index in [2.05, 4.69) is 4.98 Å². The van der Waals surface area contributed by atoms with Gasteiger partial charge in [0.2, 0.25) is 0 Å². The summed E-state index contributed by atoms with van der Waals surface area (Å²) in [4.78, 5) is 3.91. The Balaban J connectivity index is 1.92. The normalized spacial score (nSPS) is 12.3. The van der Waals surface area contributed by atoms with Crippen LogP contribution in [0.25, 0.3) is 0 Å². The third-order valence-electron chi connectivity index (χ3n) is 2.24. The summed E-state index contributed by atoms with van der Waals surface area (Å²) < 4.78 is 5.34. The second-order valence-electron chi connectivity index (χ2n) is 3.43. The van der Waals surface area contributed by atoms with Crippen LogP contribution in [0.15, 0.2) is 54.9 Å². The van der Waals surface area contributed by atoms with Gasteiger partial charge < -0.3 is 9.84 Å². The predicted molar refractivity (Wildman–Crippen MR) is 60.4 cm³/mol. The lowest BCUT2D eigenvalue weighted by atomic mass is 10.2. The minimum absolute atomic E-state index is 0.374. The highest BCUT2D eigenvalue weighted by atomic mass is 16.6. The Bertz CT molecular complexity index is 416. The second-order valence-corrected chi connectivity index (χ2v) is 3.43. The summed E-state index contributed by atoms with van der Waals surface area (Å²) in [6.45, 7) is 0.374. The first-order chi connectivity index (χ1) is 7.86. The largest absolute Gasteiger partial charge is 0.364 e. The Hall–Kier alpha value is -1.71. The van der Waals surface area contributed by atoms with E-state index in [4.69, 9.17) is 4.74 Å². The van der Waals surface area contributed by atoms with Crippen LogP contribution in [-0.2, 0) is 11.3 Å². The Morgan fingerprint density at radius 2 is 1.75 bits per heavy atom. The van der Waals surface area contributed by atoms with Crippen LogP contribution < -0.4 is 0 Å². The van der Waals surface area contributed by atoms with Crippen LogP contribution >= 0.6 is 0 Å². The van der Waals surface area contributed by atoms with Gasteiger partial charge in [-0.2, -0.15) is 0 Å². The highest BCUT2D eigenvalue weighted by Crippen LogP contribution is 2.15. The first kappa shape index (κ1) is 10.8. The molecule has 1 aromatic carbocycles. The van der Waals surface area contributed by atoms with E-state index in [-0.39, 0.29) is 0 Å². The lowest BCUT2D eigenvalue weighted by Gasteiger charge is -2.11. The fraction of sp³-hybridized carbons (Fsp3) is 0.154. The molecule has 0 aliphatic rings. The molecule has 0 fully saturated rings. The lowest BCUT2D eigenvalue weighted by molar-refractivity contribution is -0.111. The van der Waals surface area contributed by atoms with Crippen LogP contribution in [0.4, 0.5) is 0 Å². The quantitative estimate of drug-likeness (QED) is 0.796. The number of nitrogens with zero attached hydrogens (tertiary/aromatic N) is 1. The zero-order chi connectivity index (χ0) is 11.2. The third kappa shape index (κ3) is 2.89. The molecule has 2 aromatic rings. The van der Waals surface area contributed by atoms with Crippen molar-refractivity contribution in [2.75, 3.05) is 0 Å². The fourth-order valence-electron chi connectivity index (χ4n) is 1.37. The van der Waals surface area contributed by atoms with Crippen LogP contribution in [0.2, 0.25) is 0 Å². The number of hydrogen-bond donors (Lipinski definition) is 1. The van der Waals surface area contributed by atoms with Gasteiger partial charge in [-0.05, 0) is 17.7 Å². The molecule has 0 bridgehead atoms. The fourth-order valence-corrected chi connectivity index (χ4v) is 1.37. The summed E-state index contributed by atoms with van der Waals surface area (Å²) in [6.07, 6.45) is 2.52. The van der Waals surface area contributed by atoms with Crippen molar-refractivity contribution < 1.29 is 9.84 Å². The van der Waals surface area contributed by atoms with Gasteiger partial charge in [0.25, 0.3) is 0 Å². The van der Waals surface area contributed by atoms with Crippen LogP contribution in [0.5, 0.6) is 0 Å². The molecule has 0 spiro atoms. The molecule has 3 heteroatoms. The maximum Gasteiger partial charge on any atom is 0.181 e. The smallest absolute Gasteiger partial charge is 0.181 e. The molecule has 1 N–H and O–H groups in total. The highest BCUT2D eigenvalue weighted by molar-refractivity contribution is 5.16. The Morgan fingerprint density at radius 3 is 2.44 bits per heavy atom. The van der Waals surface area contributed by atoms with E-state index in [1.807, 2.05) is 42.5 Å². The molecule has 3 nitrogen and oxygen atoms in total. The van der Waals surface area contributed by atoms with E-state index >= 15 is 0 Å². The Labute approximate surface area is 94.3 Å². The monoisotopic (exact) mass is 215 g/mol. The van der Waals surface area contributed by atoms with Crippen LogP contribution in [0.1, 0.15) is 17.4 Å². The predicted octanol–water partition coefficient (Wildman–Crippen LogP) is 2.29. The van der Waals surface area contributed by atoms with Crippen molar-refractivity contribution in [3.8, 4) is 0 Å². The summed E-state index contributed by atoms with van der Waals surface area (Å²) >= 11 is 0. The molecule has 1 atom stereocenters. The van der Waals surface area contributed by atoms with Gasteiger partial charge in [0.05, 0.1) is 6.61 Å². The van der Waals surface area contributed by atoms with Crippen LogP contribution in [-0.4, -0.2) is 10.1 Å². The van der Waals surface area contributed by atoms with Gasteiger partial charge in [0.1, 0.15) is 0 Å². The second kappa shape index (κ2) is 5.39. The number of benzene rings is 1. The third-order valence-corrected chi connectivity index (χ3v) is 2.24. The van der Waals surface area contributed by atoms with Crippen molar-refractivity contribution in [1.82, 2.24) is 4.98 Å². The van der Waals surface area contributed by atoms with E-state index in [0.717, 1.165) is 11.1 Å². The van der Waals surface area contributed by atoms with Crippen molar-refractivity contribution in [2.45, 2.75) is 12.9 Å². The van der Waals surface area contributed by atoms with E-state index in [1.165, 1.54) is 0 Å². The van der Waals surface area contributed by atoms with E-state index in [0.29, 0.717) is 6.61 Å². The lowest BCUT2D eigenvalue weighted by Crippen LogP contribution is -2.03. The number of ether oxygens (including phenoxy) is 1. The molecule has 1 unspecified atom stereocenters. The maximum atomic E-state index is 9.74. The topological polar surface area (TPSA) is 42.4 Å². The number of pyridine rings is 1. The van der Waals surface area contributed by atoms with Crippen molar-refractivity contribution in [1.29, 1.82) is 0 Å². The highest BCUT2D eigenvalue weighted by Gasteiger charge is 2.06. The molecule has 2 rings (SSSR count). The molecule has 16 heavy (non-hydrogen) atoms. The van der Waals surface area contributed by atoms with E-state index in [1.54, 1.807) is 12.4 Å². The molecule has 0 saturated carbocycles. The summed E-state index contributed by atoms with van der Waals surface area (Å²) in [5.74, 6) is 0. The molecular formula is C13H13NO2. The van der Waals surface area contributed by atoms with Crippen LogP contribution in [0, 0.1) is 0 Å². The molecule has 0 radical (unpaired) electrons. The summed E-state index contributed by atoms with van der Waals surface area (Å²) in [7, 11) is 0. The number of aliphatic hydroxyl groups is 1. The average Bonchev–Trinajstić information content (AvgIpc) is 2.38. The Morgan fingerprint density at radius 1 is 1.06 bits per heavy atom. The maximum absolute atomic E-state index is 9.74. The molecule has 0 amide bonds. The molecule has 0 aliphatic heterocycles. The minimum atomic E-state index is -0.880. The summed E-state index contributed by atoms with van der Waals surface area (Å²) in [6, 6.07) is 13.0. The zero-order valence-corrected chi connectivity index (χ0v) is 8.78. The molecule has 0 saturated heterocycles. The standard InChI is InChI=1S/C13H13NO2/c15-13(12-4-2-1-3-5-12)16-10-11-6-8-14-9-7-11/h1-9,13,15H,10H2. The Kier molecular flexibility index (Phi) is 3.64. The first-order valence-corrected chi connectivity index (χ1v) is 5.10.